The number of terminal acetylenes is 1. The van der Waals surface area contributed by atoms with E-state index in [1.807, 2.05) is 42.5 Å². The van der Waals surface area contributed by atoms with E-state index < -0.39 is 17.4 Å². The summed E-state index contributed by atoms with van der Waals surface area (Å²) < 4.78 is 12.0. The van der Waals surface area contributed by atoms with E-state index in [4.69, 9.17) is 39.1 Å². The van der Waals surface area contributed by atoms with Gasteiger partial charge in [-0.3, -0.25) is 9.59 Å². The van der Waals surface area contributed by atoms with Crippen molar-refractivity contribution in [1.82, 2.24) is 5.32 Å². The van der Waals surface area contributed by atoms with Gasteiger partial charge in [-0.2, -0.15) is 0 Å². The lowest BCUT2D eigenvalue weighted by Crippen LogP contribution is -2.57. The first kappa shape index (κ1) is 25.8. The normalized spacial score (nSPS) is 24.5. The maximum atomic E-state index is 14.3. The maximum Gasteiger partial charge on any atom is 0.238 e. The van der Waals surface area contributed by atoms with Crippen molar-refractivity contribution in [1.29, 1.82) is 0 Å². The van der Waals surface area contributed by atoms with Crippen molar-refractivity contribution in [2.45, 2.75) is 42.7 Å². The number of ether oxygens (including phenoxy) is 2. The molecular weight excluding hydrogens is 535 g/mol. The molecular formula is C31H26Cl2N2O4. The van der Waals surface area contributed by atoms with E-state index >= 15 is 0 Å². The van der Waals surface area contributed by atoms with E-state index in [0.717, 1.165) is 24.0 Å². The molecule has 198 valence electrons. The van der Waals surface area contributed by atoms with Crippen LogP contribution in [0.1, 0.15) is 53.5 Å². The van der Waals surface area contributed by atoms with E-state index in [9.17, 15) is 9.59 Å². The molecule has 2 saturated heterocycles. The van der Waals surface area contributed by atoms with E-state index in [0.29, 0.717) is 45.8 Å². The third-order valence-corrected chi connectivity index (χ3v) is 8.42. The number of piperidine rings is 1. The van der Waals surface area contributed by atoms with Crippen LogP contribution >= 0.6 is 23.2 Å². The Morgan fingerprint density at radius 1 is 1.00 bits per heavy atom. The van der Waals surface area contributed by atoms with E-state index in [1.54, 1.807) is 18.2 Å². The van der Waals surface area contributed by atoms with Crippen LogP contribution in [0.5, 0.6) is 5.75 Å². The average molecular weight is 561 g/mol. The van der Waals surface area contributed by atoms with Crippen molar-refractivity contribution in [3.63, 3.8) is 0 Å². The van der Waals surface area contributed by atoms with Crippen LogP contribution in [0.25, 0.3) is 0 Å². The number of halogens is 2. The van der Waals surface area contributed by atoms with Crippen molar-refractivity contribution in [2.24, 2.45) is 0 Å². The maximum absolute atomic E-state index is 14.3. The van der Waals surface area contributed by atoms with Gasteiger partial charge in [-0.05, 0) is 53.6 Å². The second-order valence-corrected chi connectivity index (χ2v) is 11.0. The number of carbonyl (C=O) groups is 2. The number of benzene rings is 3. The topological polar surface area (TPSA) is 76.7 Å². The van der Waals surface area contributed by atoms with Crippen molar-refractivity contribution in [3.8, 4) is 18.1 Å². The first-order valence-corrected chi connectivity index (χ1v) is 13.7. The van der Waals surface area contributed by atoms with Crippen molar-refractivity contribution in [2.75, 3.05) is 18.5 Å². The van der Waals surface area contributed by atoms with Crippen LogP contribution in [0.15, 0.2) is 60.7 Å². The summed E-state index contributed by atoms with van der Waals surface area (Å²) in [4.78, 5) is 27.7. The Bertz CT molecular complexity index is 1510. The fraction of sp³-hybridized carbons (Fsp3) is 0.290. The van der Waals surface area contributed by atoms with Gasteiger partial charge in [0, 0.05) is 52.0 Å². The number of anilines is 1. The van der Waals surface area contributed by atoms with Crippen molar-refractivity contribution >= 4 is 40.7 Å². The molecule has 2 amide bonds. The fourth-order valence-corrected chi connectivity index (χ4v) is 6.59. The Morgan fingerprint density at radius 2 is 1.79 bits per heavy atom. The number of rotatable bonds is 4. The number of carbonyl (C=O) groups excluding carboxylic acids is 2. The molecule has 0 radical (unpaired) electrons. The predicted octanol–water partition coefficient (Wildman–Crippen LogP) is 5.77. The number of amides is 2. The zero-order valence-electron chi connectivity index (χ0n) is 21.0. The fourth-order valence-electron chi connectivity index (χ4n) is 6.21. The zero-order chi connectivity index (χ0) is 27.1. The highest BCUT2D eigenvalue weighted by Gasteiger charge is 2.61. The molecule has 3 heterocycles. The summed E-state index contributed by atoms with van der Waals surface area (Å²) in [6.07, 6.45) is 7.33. The van der Waals surface area contributed by atoms with Crippen LogP contribution in [0.3, 0.4) is 0 Å². The lowest BCUT2D eigenvalue weighted by molar-refractivity contribution is -0.131. The Hall–Kier alpha value is -3.50. The summed E-state index contributed by atoms with van der Waals surface area (Å²) in [7, 11) is 0. The van der Waals surface area contributed by atoms with Gasteiger partial charge in [0.25, 0.3) is 0 Å². The van der Waals surface area contributed by atoms with Crippen LogP contribution in [-0.2, 0) is 19.7 Å². The lowest BCUT2D eigenvalue weighted by atomic mass is 9.59. The molecule has 1 spiro atoms. The molecule has 6 rings (SSSR count). The molecule has 3 aliphatic heterocycles. The van der Waals surface area contributed by atoms with Crippen LogP contribution in [-0.4, -0.2) is 31.1 Å². The zero-order valence-corrected chi connectivity index (χ0v) is 22.5. The van der Waals surface area contributed by atoms with E-state index in [2.05, 4.69) is 16.6 Å². The molecule has 3 aromatic rings. The first-order valence-electron chi connectivity index (χ1n) is 12.9. The van der Waals surface area contributed by atoms with Gasteiger partial charge in [-0.1, -0.05) is 47.3 Å². The molecule has 2 fully saturated rings. The predicted molar refractivity (Wildman–Crippen MR) is 150 cm³/mol. The van der Waals surface area contributed by atoms with Gasteiger partial charge in [-0.25, -0.2) is 0 Å². The highest BCUT2D eigenvalue weighted by molar-refractivity contribution is 6.31. The molecule has 2 N–H and O–H groups in total. The third kappa shape index (κ3) is 4.45. The number of hydrogen-bond acceptors (Lipinski definition) is 4. The van der Waals surface area contributed by atoms with Gasteiger partial charge in [-0.15, -0.1) is 6.42 Å². The summed E-state index contributed by atoms with van der Waals surface area (Å²) in [5.74, 6) is 2.32. The lowest BCUT2D eigenvalue weighted by Gasteiger charge is -2.46. The van der Waals surface area contributed by atoms with Gasteiger partial charge in [0.2, 0.25) is 11.8 Å². The molecule has 3 atom stereocenters. The van der Waals surface area contributed by atoms with Gasteiger partial charge < -0.3 is 20.1 Å². The van der Waals surface area contributed by atoms with Crippen LogP contribution in [0.2, 0.25) is 10.0 Å². The second kappa shape index (κ2) is 10.2. The highest BCUT2D eigenvalue weighted by atomic mass is 35.5. The molecule has 3 aromatic carbocycles. The van der Waals surface area contributed by atoms with Gasteiger partial charge >= 0.3 is 0 Å². The standard InChI is InChI=1S/C31H26Cl2N2O4/c1-2-18-6-9-27(39-22-10-12-38-13-11-22)23(14-18)29-31(24-8-7-21(33)16-26(24)34-30(31)37)25(17-28(36)35-29)19-4-3-5-20(32)15-19/h1,3-9,14-16,22,25,29H,10-13,17H2,(H,34,37)(H,35,36)/t25-,29+,31?/m0/s1. The highest BCUT2D eigenvalue weighted by Crippen LogP contribution is 2.58. The Morgan fingerprint density at radius 3 is 2.56 bits per heavy atom. The quantitative estimate of drug-likeness (QED) is 0.397. The number of hydrogen-bond donors (Lipinski definition) is 2. The van der Waals surface area contributed by atoms with Crippen LogP contribution in [0.4, 0.5) is 5.69 Å². The summed E-state index contributed by atoms with van der Waals surface area (Å²) in [5.41, 5.74) is 2.19. The average Bonchev–Trinajstić information content (AvgIpc) is 3.21. The van der Waals surface area contributed by atoms with Crippen LogP contribution < -0.4 is 15.4 Å². The molecule has 8 heteroatoms. The molecule has 39 heavy (non-hydrogen) atoms. The Kier molecular flexibility index (Phi) is 6.76. The van der Waals surface area contributed by atoms with Gasteiger partial charge in [0.1, 0.15) is 17.3 Å². The molecule has 0 aromatic heterocycles. The first-order chi connectivity index (χ1) is 18.9. The minimum absolute atomic E-state index is 0.0587. The molecule has 0 bridgehead atoms. The largest absolute Gasteiger partial charge is 0.490 e. The molecule has 0 aliphatic carbocycles. The third-order valence-electron chi connectivity index (χ3n) is 7.95. The molecule has 6 nitrogen and oxygen atoms in total. The summed E-state index contributed by atoms with van der Waals surface area (Å²) >= 11 is 12.7. The second-order valence-electron chi connectivity index (χ2n) is 10.2. The van der Waals surface area contributed by atoms with Crippen molar-refractivity contribution < 1.29 is 19.1 Å². The summed E-state index contributed by atoms with van der Waals surface area (Å²) in [5, 5.41) is 7.23. The smallest absolute Gasteiger partial charge is 0.238 e. The van der Waals surface area contributed by atoms with E-state index in [-0.39, 0.29) is 24.3 Å². The van der Waals surface area contributed by atoms with Crippen LogP contribution in [0, 0.1) is 12.3 Å². The van der Waals surface area contributed by atoms with Crippen molar-refractivity contribution in [3.05, 3.63) is 93.0 Å². The summed E-state index contributed by atoms with van der Waals surface area (Å²) in [6, 6.07) is 17.4. The monoisotopic (exact) mass is 560 g/mol. The Balaban J connectivity index is 1.59. The molecule has 3 aliphatic rings. The number of fused-ring (bicyclic) bond motifs is 2. The SMILES string of the molecule is C#Cc1ccc(OC2CCOCC2)c([C@H]2NC(=O)C[C@@H](c3cccc(Cl)c3)C23C(=O)Nc2cc(Cl)ccc23)c1. The molecule has 0 saturated carbocycles. The van der Waals surface area contributed by atoms with Gasteiger partial charge in [0.05, 0.1) is 19.3 Å². The van der Waals surface area contributed by atoms with E-state index in [1.165, 1.54) is 0 Å². The summed E-state index contributed by atoms with van der Waals surface area (Å²) in [6.45, 7) is 1.22. The van der Waals surface area contributed by atoms with Gasteiger partial charge in [0.15, 0.2) is 0 Å². The minimum atomic E-state index is -1.22. The number of nitrogens with one attached hydrogen (secondary N) is 2. The molecule has 1 unspecified atom stereocenters. The Labute approximate surface area is 237 Å². The minimum Gasteiger partial charge on any atom is -0.490 e.